The molecule has 0 aromatic heterocycles. The Morgan fingerprint density at radius 3 is 3.00 bits per heavy atom. The minimum atomic E-state index is 0.329. The number of methoxy groups -OCH3 is 1. The summed E-state index contributed by atoms with van der Waals surface area (Å²) in [7, 11) is 1.73. The predicted molar refractivity (Wildman–Crippen MR) is 58.0 cm³/mol. The molecule has 2 nitrogen and oxygen atoms in total. The van der Waals surface area contributed by atoms with E-state index in [1.165, 1.54) is 37.7 Å². The van der Waals surface area contributed by atoms with E-state index >= 15 is 0 Å². The summed E-state index contributed by atoms with van der Waals surface area (Å²) in [5, 5.41) is 8.73. The first-order valence-corrected chi connectivity index (χ1v) is 5.71. The maximum absolute atomic E-state index is 8.73. The van der Waals surface area contributed by atoms with Crippen LogP contribution in [0.15, 0.2) is 11.8 Å². The van der Waals surface area contributed by atoms with Crippen molar-refractivity contribution in [1.29, 1.82) is 0 Å². The summed E-state index contributed by atoms with van der Waals surface area (Å²) in [4.78, 5) is 0. The number of allylic oxidation sites excluding steroid dienone is 1. The van der Waals surface area contributed by atoms with E-state index in [-0.39, 0.29) is 0 Å². The number of hydrogen-bond donors (Lipinski definition) is 1. The lowest BCUT2D eigenvalue weighted by Gasteiger charge is -2.24. The molecular formula is C12H22O2. The Labute approximate surface area is 87.0 Å². The third-order valence-electron chi connectivity index (χ3n) is 3.02. The second-order valence-corrected chi connectivity index (χ2v) is 4.09. The molecule has 2 heteroatoms. The highest BCUT2D eigenvalue weighted by Gasteiger charge is 2.18. The Balaban J connectivity index is 2.34. The zero-order valence-corrected chi connectivity index (χ0v) is 9.17. The molecule has 0 bridgehead atoms. The van der Waals surface area contributed by atoms with Crippen LogP contribution in [0.2, 0.25) is 0 Å². The lowest BCUT2D eigenvalue weighted by molar-refractivity contribution is 0.274. The van der Waals surface area contributed by atoms with E-state index in [2.05, 4.69) is 0 Å². The number of aliphatic hydroxyl groups is 1. The van der Waals surface area contributed by atoms with Crippen LogP contribution in [0.4, 0.5) is 0 Å². The number of hydrogen-bond acceptors (Lipinski definition) is 2. The lowest BCUT2D eigenvalue weighted by atomic mass is 9.82. The predicted octanol–water partition coefficient (Wildman–Crippen LogP) is 2.87. The fourth-order valence-corrected chi connectivity index (χ4v) is 2.25. The molecule has 0 heterocycles. The van der Waals surface area contributed by atoms with Gasteiger partial charge in [-0.2, -0.15) is 0 Å². The molecule has 0 spiro atoms. The van der Waals surface area contributed by atoms with Crippen LogP contribution >= 0.6 is 0 Å². The largest absolute Gasteiger partial charge is 0.504 e. The molecule has 82 valence electrons. The van der Waals surface area contributed by atoms with E-state index < -0.39 is 0 Å². The molecular weight excluding hydrogens is 176 g/mol. The van der Waals surface area contributed by atoms with E-state index in [0.717, 1.165) is 18.8 Å². The van der Waals surface area contributed by atoms with Gasteiger partial charge in [0.2, 0.25) is 0 Å². The Kier molecular flexibility index (Phi) is 5.69. The first-order chi connectivity index (χ1) is 6.88. The van der Waals surface area contributed by atoms with Crippen LogP contribution in [0.5, 0.6) is 0 Å². The van der Waals surface area contributed by atoms with Crippen molar-refractivity contribution < 1.29 is 9.84 Å². The molecule has 1 N–H and O–H groups in total. The number of rotatable bonds is 5. The standard InChI is InChI=1S/C12H22O2/c1-14-10-12-8-3-2-6-11(12)7-4-5-9-13/h10-11,13H,2-9H2,1H3/b12-10+. The molecule has 1 atom stereocenters. The van der Waals surface area contributed by atoms with Crippen LogP contribution in [0.25, 0.3) is 0 Å². The molecule has 1 fully saturated rings. The molecule has 0 saturated heterocycles. The van der Waals surface area contributed by atoms with Crippen LogP contribution in [0.1, 0.15) is 44.9 Å². The van der Waals surface area contributed by atoms with E-state index in [1.54, 1.807) is 7.11 Å². The van der Waals surface area contributed by atoms with Crippen molar-refractivity contribution in [1.82, 2.24) is 0 Å². The SMILES string of the molecule is CO/C=C1\CCCCC1CCCCO. The summed E-state index contributed by atoms with van der Waals surface area (Å²) < 4.78 is 5.11. The average molecular weight is 198 g/mol. The van der Waals surface area contributed by atoms with Gasteiger partial charge in [0.05, 0.1) is 13.4 Å². The minimum Gasteiger partial charge on any atom is -0.504 e. The maximum Gasteiger partial charge on any atom is 0.0819 e. The molecule has 0 aliphatic heterocycles. The molecule has 0 radical (unpaired) electrons. The summed E-state index contributed by atoms with van der Waals surface area (Å²) in [5.74, 6) is 0.718. The first kappa shape index (κ1) is 11.6. The van der Waals surface area contributed by atoms with Gasteiger partial charge in [0.15, 0.2) is 0 Å². The summed E-state index contributed by atoms with van der Waals surface area (Å²) in [6.45, 7) is 0.329. The van der Waals surface area contributed by atoms with E-state index in [1.807, 2.05) is 6.26 Å². The van der Waals surface area contributed by atoms with Crippen LogP contribution in [0.3, 0.4) is 0 Å². The molecule has 1 saturated carbocycles. The second-order valence-electron chi connectivity index (χ2n) is 4.09. The van der Waals surface area contributed by atoms with Crippen LogP contribution in [-0.4, -0.2) is 18.8 Å². The molecule has 1 rings (SSSR count). The fourth-order valence-electron chi connectivity index (χ4n) is 2.25. The van der Waals surface area contributed by atoms with Gasteiger partial charge in [-0.25, -0.2) is 0 Å². The number of aliphatic hydroxyl groups excluding tert-OH is 1. The topological polar surface area (TPSA) is 29.5 Å². The smallest absolute Gasteiger partial charge is 0.0819 e. The van der Waals surface area contributed by atoms with Crippen molar-refractivity contribution in [2.45, 2.75) is 44.9 Å². The summed E-state index contributed by atoms with van der Waals surface area (Å²) in [6.07, 6.45) is 10.4. The van der Waals surface area contributed by atoms with Crippen LogP contribution in [-0.2, 0) is 4.74 Å². The highest BCUT2D eigenvalue weighted by atomic mass is 16.5. The summed E-state index contributed by atoms with van der Waals surface area (Å²) in [6, 6.07) is 0. The van der Waals surface area contributed by atoms with Gasteiger partial charge in [-0.1, -0.05) is 12.8 Å². The van der Waals surface area contributed by atoms with Crippen molar-refractivity contribution in [2.75, 3.05) is 13.7 Å². The molecule has 0 amide bonds. The van der Waals surface area contributed by atoms with Gasteiger partial charge in [0.25, 0.3) is 0 Å². The highest BCUT2D eigenvalue weighted by molar-refractivity contribution is 5.06. The molecule has 1 aliphatic carbocycles. The van der Waals surface area contributed by atoms with Crippen LogP contribution in [0, 0.1) is 5.92 Å². The number of unbranched alkanes of at least 4 members (excludes halogenated alkanes) is 1. The van der Waals surface area contributed by atoms with Crippen molar-refractivity contribution in [3.8, 4) is 0 Å². The first-order valence-electron chi connectivity index (χ1n) is 5.71. The summed E-state index contributed by atoms with van der Waals surface area (Å²) >= 11 is 0. The summed E-state index contributed by atoms with van der Waals surface area (Å²) in [5.41, 5.74) is 1.48. The zero-order valence-electron chi connectivity index (χ0n) is 9.17. The van der Waals surface area contributed by atoms with Gasteiger partial charge in [-0.05, 0) is 43.6 Å². The van der Waals surface area contributed by atoms with E-state index in [4.69, 9.17) is 9.84 Å². The van der Waals surface area contributed by atoms with Gasteiger partial charge < -0.3 is 9.84 Å². The van der Waals surface area contributed by atoms with Gasteiger partial charge in [0, 0.05) is 6.61 Å². The Hall–Kier alpha value is -0.500. The third-order valence-corrected chi connectivity index (χ3v) is 3.02. The zero-order chi connectivity index (χ0) is 10.2. The van der Waals surface area contributed by atoms with Crippen molar-refractivity contribution >= 4 is 0 Å². The molecule has 14 heavy (non-hydrogen) atoms. The highest BCUT2D eigenvalue weighted by Crippen LogP contribution is 2.32. The fraction of sp³-hybridized carbons (Fsp3) is 0.833. The quantitative estimate of drug-likeness (QED) is 0.543. The van der Waals surface area contributed by atoms with Crippen molar-refractivity contribution in [3.63, 3.8) is 0 Å². The van der Waals surface area contributed by atoms with Crippen molar-refractivity contribution in [3.05, 3.63) is 11.8 Å². The molecule has 0 aromatic rings. The van der Waals surface area contributed by atoms with E-state index in [9.17, 15) is 0 Å². The molecule has 1 aliphatic rings. The minimum absolute atomic E-state index is 0.329. The maximum atomic E-state index is 8.73. The Bertz CT molecular complexity index is 175. The van der Waals surface area contributed by atoms with Gasteiger partial charge in [0.1, 0.15) is 0 Å². The third kappa shape index (κ3) is 3.70. The van der Waals surface area contributed by atoms with Crippen LogP contribution < -0.4 is 0 Å². The second kappa shape index (κ2) is 6.88. The number of ether oxygens (including phenoxy) is 1. The van der Waals surface area contributed by atoms with Gasteiger partial charge >= 0.3 is 0 Å². The lowest BCUT2D eigenvalue weighted by Crippen LogP contribution is -2.10. The Morgan fingerprint density at radius 1 is 1.43 bits per heavy atom. The molecule has 1 unspecified atom stereocenters. The monoisotopic (exact) mass is 198 g/mol. The molecule has 0 aromatic carbocycles. The normalized spacial score (nSPS) is 25.3. The Morgan fingerprint density at radius 2 is 2.29 bits per heavy atom. The van der Waals surface area contributed by atoms with Gasteiger partial charge in [-0.3, -0.25) is 0 Å². The van der Waals surface area contributed by atoms with E-state index in [0.29, 0.717) is 6.61 Å². The van der Waals surface area contributed by atoms with Gasteiger partial charge in [-0.15, -0.1) is 0 Å². The van der Waals surface area contributed by atoms with Crippen molar-refractivity contribution in [2.24, 2.45) is 5.92 Å². The average Bonchev–Trinajstić information content (AvgIpc) is 2.21.